The number of rotatable bonds is 3. The number of hydrogen-bond donors (Lipinski definition) is 1. The van der Waals surface area contributed by atoms with Gasteiger partial charge < -0.3 is 5.32 Å². The fourth-order valence-electron chi connectivity index (χ4n) is 2.49. The number of pyridine rings is 1. The molecular formula is C18H18N2. The summed E-state index contributed by atoms with van der Waals surface area (Å²) in [5, 5.41) is 4.63. The summed E-state index contributed by atoms with van der Waals surface area (Å²) in [5.74, 6) is 0. The van der Waals surface area contributed by atoms with Gasteiger partial charge in [-0.3, -0.25) is 0 Å². The Hall–Kier alpha value is -2.35. The second-order valence-electron chi connectivity index (χ2n) is 4.92. The van der Waals surface area contributed by atoms with Gasteiger partial charge in [-0.1, -0.05) is 48.5 Å². The fourth-order valence-corrected chi connectivity index (χ4v) is 2.49. The third kappa shape index (κ3) is 2.25. The molecule has 0 amide bonds. The summed E-state index contributed by atoms with van der Waals surface area (Å²) in [4.78, 5) is 4.85. The predicted octanol–water partition coefficient (Wildman–Crippen LogP) is 4.64. The van der Waals surface area contributed by atoms with E-state index in [0.717, 1.165) is 29.0 Å². The summed E-state index contributed by atoms with van der Waals surface area (Å²) >= 11 is 0. The number of para-hydroxylation sites is 1. The number of benzene rings is 2. The van der Waals surface area contributed by atoms with Crippen LogP contribution in [-0.2, 0) is 0 Å². The number of aromatic nitrogens is 1. The molecule has 0 spiro atoms. The molecule has 0 aliphatic rings. The summed E-state index contributed by atoms with van der Waals surface area (Å²) < 4.78 is 0. The molecule has 3 aromatic rings. The van der Waals surface area contributed by atoms with Crippen molar-refractivity contribution in [2.45, 2.75) is 13.8 Å². The average molecular weight is 262 g/mol. The first-order valence-electron chi connectivity index (χ1n) is 6.99. The first-order chi connectivity index (χ1) is 9.79. The zero-order valence-electron chi connectivity index (χ0n) is 11.9. The minimum atomic E-state index is 0.904. The highest BCUT2D eigenvalue weighted by molar-refractivity contribution is 5.95. The Morgan fingerprint density at radius 1 is 1.00 bits per heavy atom. The van der Waals surface area contributed by atoms with Gasteiger partial charge in [0, 0.05) is 23.2 Å². The van der Waals surface area contributed by atoms with Gasteiger partial charge in [0.25, 0.3) is 0 Å². The van der Waals surface area contributed by atoms with Crippen molar-refractivity contribution in [1.82, 2.24) is 4.98 Å². The number of aryl methyl sites for hydroxylation is 1. The standard InChI is InChI=1S/C18H18N2/c1-3-19-17-12-16(14-9-5-4-6-10-14)20-18-13(2)8-7-11-15(17)18/h4-12H,3H2,1-2H3,(H,19,20). The van der Waals surface area contributed by atoms with Crippen molar-refractivity contribution in [2.75, 3.05) is 11.9 Å². The van der Waals surface area contributed by atoms with Gasteiger partial charge >= 0.3 is 0 Å². The van der Waals surface area contributed by atoms with E-state index in [-0.39, 0.29) is 0 Å². The SMILES string of the molecule is CCNc1cc(-c2ccccc2)nc2c(C)cccc12. The molecule has 3 rings (SSSR count). The van der Waals surface area contributed by atoms with Crippen LogP contribution in [0.1, 0.15) is 12.5 Å². The number of anilines is 1. The lowest BCUT2D eigenvalue weighted by atomic mass is 10.1. The fraction of sp³-hybridized carbons (Fsp3) is 0.167. The highest BCUT2D eigenvalue weighted by Crippen LogP contribution is 2.29. The van der Waals surface area contributed by atoms with Crippen LogP contribution in [0.5, 0.6) is 0 Å². The lowest BCUT2D eigenvalue weighted by Gasteiger charge is -2.12. The number of fused-ring (bicyclic) bond motifs is 1. The Morgan fingerprint density at radius 3 is 2.55 bits per heavy atom. The molecule has 0 saturated carbocycles. The summed E-state index contributed by atoms with van der Waals surface area (Å²) in [6.07, 6.45) is 0. The first-order valence-corrected chi connectivity index (χ1v) is 6.99. The van der Waals surface area contributed by atoms with Crippen LogP contribution in [0.2, 0.25) is 0 Å². The van der Waals surface area contributed by atoms with E-state index in [9.17, 15) is 0 Å². The average Bonchev–Trinajstić information content (AvgIpc) is 2.49. The van der Waals surface area contributed by atoms with Gasteiger partial charge in [-0.25, -0.2) is 4.98 Å². The molecule has 20 heavy (non-hydrogen) atoms. The van der Waals surface area contributed by atoms with E-state index < -0.39 is 0 Å². The summed E-state index contributed by atoms with van der Waals surface area (Å²) in [6.45, 7) is 5.13. The second-order valence-corrected chi connectivity index (χ2v) is 4.92. The quantitative estimate of drug-likeness (QED) is 0.743. The maximum absolute atomic E-state index is 4.85. The molecule has 0 radical (unpaired) electrons. The van der Waals surface area contributed by atoms with E-state index in [0.29, 0.717) is 0 Å². The van der Waals surface area contributed by atoms with E-state index in [1.807, 2.05) is 18.2 Å². The van der Waals surface area contributed by atoms with Crippen LogP contribution in [0.3, 0.4) is 0 Å². The molecule has 0 bridgehead atoms. The minimum Gasteiger partial charge on any atom is -0.385 e. The third-order valence-corrected chi connectivity index (χ3v) is 3.48. The maximum atomic E-state index is 4.85. The molecular weight excluding hydrogens is 244 g/mol. The maximum Gasteiger partial charge on any atom is 0.0759 e. The Labute approximate surface area is 119 Å². The van der Waals surface area contributed by atoms with Gasteiger partial charge in [-0.2, -0.15) is 0 Å². The van der Waals surface area contributed by atoms with Gasteiger partial charge in [-0.15, -0.1) is 0 Å². The lowest BCUT2D eigenvalue weighted by Crippen LogP contribution is -2.00. The molecule has 0 atom stereocenters. The van der Waals surface area contributed by atoms with Crippen molar-refractivity contribution in [3.63, 3.8) is 0 Å². The molecule has 0 fully saturated rings. The highest BCUT2D eigenvalue weighted by Gasteiger charge is 2.08. The minimum absolute atomic E-state index is 0.904. The van der Waals surface area contributed by atoms with Gasteiger partial charge in [0.15, 0.2) is 0 Å². The van der Waals surface area contributed by atoms with E-state index in [4.69, 9.17) is 4.98 Å². The molecule has 2 nitrogen and oxygen atoms in total. The largest absolute Gasteiger partial charge is 0.385 e. The molecule has 1 aromatic heterocycles. The van der Waals surface area contributed by atoms with E-state index in [1.165, 1.54) is 10.9 Å². The van der Waals surface area contributed by atoms with Crippen LogP contribution >= 0.6 is 0 Å². The van der Waals surface area contributed by atoms with Gasteiger partial charge in [-0.05, 0) is 25.5 Å². The van der Waals surface area contributed by atoms with Gasteiger partial charge in [0.2, 0.25) is 0 Å². The van der Waals surface area contributed by atoms with Crippen LogP contribution in [0.15, 0.2) is 54.6 Å². The van der Waals surface area contributed by atoms with Crippen LogP contribution in [-0.4, -0.2) is 11.5 Å². The monoisotopic (exact) mass is 262 g/mol. The number of hydrogen-bond acceptors (Lipinski definition) is 2. The Morgan fingerprint density at radius 2 is 1.80 bits per heavy atom. The smallest absolute Gasteiger partial charge is 0.0759 e. The summed E-state index contributed by atoms with van der Waals surface area (Å²) in [6, 6.07) is 18.8. The topological polar surface area (TPSA) is 24.9 Å². The van der Waals surface area contributed by atoms with Gasteiger partial charge in [0.1, 0.15) is 0 Å². The lowest BCUT2D eigenvalue weighted by molar-refractivity contribution is 1.21. The number of nitrogens with zero attached hydrogens (tertiary/aromatic N) is 1. The zero-order chi connectivity index (χ0) is 13.9. The van der Waals surface area contributed by atoms with Crippen LogP contribution in [0, 0.1) is 6.92 Å². The van der Waals surface area contributed by atoms with Crippen LogP contribution < -0.4 is 5.32 Å². The van der Waals surface area contributed by atoms with Gasteiger partial charge in [0.05, 0.1) is 11.2 Å². The van der Waals surface area contributed by atoms with Crippen molar-refractivity contribution < 1.29 is 0 Å². The molecule has 0 aliphatic carbocycles. The molecule has 0 aliphatic heterocycles. The van der Waals surface area contributed by atoms with Crippen molar-refractivity contribution in [3.05, 3.63) is 60.2 Å². The number of nitrogens with one attached hydrogen (secondary N) is 1. The van der Waals surface area contributed by atoms with E-state index in [2.05, 4.69) is 55.6 Å². The van der Waals surface area contributed by atoms with Crippen LogP contribution in [0.25, 0.3) is 22.2 Å². The molecule has 0 unspecified atom stereocenters. The molecule has 2 heteroatoms. The van der Waals surface area contributed by atoms with Crippen molar-refractivity contribution in [3.8, 4) is 11.3 Å². The van der Waals surface area contributed by atoms with Crippen molar-refractivity contribution >= 4 is 16.6 Å². The zero-order valence-corrected chi connectivity index (χ0v) is 11.9. The van der Waals surface area contributed by atoms with E-state index >= 15 is 0 Å². The second kappa shape index (κ2) is 5.33. The van der Waals surface area contributed by atoms with Crippen molar-refractivity contribution in [1.29, 1.82) is 0 Å². The van der Waals surface area contributed by atoms with E-state index in [1.54, 1.807) is 0 Å². The molecule has 0 saturated heterocycles. The Kier molecular flexibility index (Phi) is 3.38. The molecule has 2 aromatic carbocycles. The highest BCUT2D eigenvalue weighted by atomic mass is 14.9. The predicted molar refractivity (Wildman–Crippen MR) is 86.1 cm³/mol. The first kappa shape index (κ1) is 12.7. The Bertz CT molecular complexity index is 733. The summed E-state index contributed by atoms with van der Waals surface area (Å²) in [5.41, 5.74) is 5.60. The molecule has 1 N–H and O–H groups in total. The molecule has 1 heterocycles. The third-order valence-electron chi connectivity index (χ3n) is 3.48. The molecule has 100 valence electrons. The normalized spacial score (nSPS) is 10.7. The summed E-state index contributed by atoms with van der Waals surface area (Å²) in [7, 11) is 0. The Balaban J connectivity index is 2.27. The van der Waals surface area contributed by atoms with Crippen molar-refractivity contribution in [2.24, 2.45) is 0 Å². The van der Waals surface area contributed by atoms with Crippen LogP contribution in [0.4, 0.5) is 5.69 Å².